The molecule has 4 nitrogen and oxygen atoms in total. The van der Waals surface area contributed by atoms with Crippen LogP contribution in [0.4, 0.5) is 0 Å². The molecule has 0 aliphatic heterocycles. The highest BCUT2D eigenvalue weighted by Crippen LogP contribution is 2.18. The van der Waals surface area contributed by atoms with Crippen LogP contribution < -0.4 is 5.32 Å². The van der Waals surface area contributed by atoms with Gasteiger partial charge in [-0.3, -0.25) is 4.79 Å². The lowest BCUT2D eigenvalue weighted by molar-refractivity contribution is 0.0706. The minimum atomic E-state index is -0.664. The fourth-order valence-corrected chi connectivity index (χ4v) is 1.74. The van der Waals surface area contributed by atoms with E-state index in [1.807, 2.05) is 6.26 Å². The molecule has 2 N–H and O–H groups in total. The molecule has 0 aliphatic rings. The average molecular weight is 254 g/mol. The molecule has 1 atom stereocenters. The van der Waals surface area contributed by atoms with Crippen LogP contribution in [0.5, 0.6) is 0 Å². The summed E-state index contributed by atoms with van der Waals surface area (Å²) in [4.78, 5) is 16.2. The molecule has 1 aromatic rings. The van der Waals surface area contributed by atoms with Gasteiger partial charge in [-0.15, -0.1) is 11.8 Å². The van der Waals surface area contributed by atoms with E-state index in [1.165, 1.54) is 11.8 Å². The summed E-state index contributed by atoms with van der Waals surface area (Å²) in [7, 11) is 0. The number of pyridine rings is 1. The van der Waals surface area contributed by atoms with Gasteiger partial charge in [-0.2, -0.15) is 0 Å². The van der Waals surface area contributed by atoms with Crippen LogP contribution >= 0.6 is 11.8 Å². The van der Waals surface area contributed by atoms with Crippen molar-refractivity contribution in [2.24, 2.45) is 0 Å². The van der Waals surface area contributed by atoms with Crippen molar-refractivity contribution in [1.82, 2.24) is 10.3 Å². The summed E-state index contributed by atoms with van der Waals surface area (Å²) in [5.74, 6) is -0.214. The van der Waals surface area contributed by atoms with Gasteiger partial charge in [0.15, 0.2) is 0 Å². The highest BCUT2D eigenvalue weighted by Gasteiger charge is 2.27. The molecule has 1 aromatic heterocycles. The molecule has 0 fully saturated rings. The van der Waals surface area contributed by atoms with Crippen LogP contribution in [-0.2, 0) is 0 Å². The summed E-state index contributed by atoms with van der Waals surface area (Å²) < 4.78 is 0. The van der Waals surface area contributed by atoms with E-state index in [-0.39, 0.29) is 5.91 Å². The molecule has 0 aromatic carbocycles. The Hall–Kier alpha value is -1.07. The largest absolute Gasteiger partial charge is 0.391 e. The molecule has 0 aliphatic carbocycles. The fourth-order valence-electron chi connectivity index (χ4n) is 1.19. The smallest absolute Gasteiger partial charge is 0.254 e. The summed E-state index contributed by atoms with van der Waals surface area (Å²) in [5, 5.41) is 13.1. The van der Waals surface area contributed by atoms with Crippen molar-refractivity contribution in [3.05, 3.63) is 23.9 Å². The second-order valence-corrected chi connectivity index (χ2v) is 5.21. The summed E-state index contributed by atoms with van der Waals surface area (Å²) in [6.07, 6.45) is 2.90. The molecular formula is C12H18N2O2S. The Balaban J connectivity index is 2.91. The molecule has 1 heterocycles. The van der Waals surface area contributed by atoms with Crippen LogP contribution in [0.1, 0.15) is 31.1 Å². The molecule has 0 saturated carbocycles. The van der Waals surface area contributed by atoms with Crippen molar-refractivity contribution in [3.8, 4) is 0 Å². The Morgan fingerprint density at radius 2 is 2.24 bits per heavy atom. The zero-order valence-corrected chi connectivity index (χ0v) is 11.3. The van der Waals surface area contributed by atoms with Crippen LogP contribution in [-0.4, -0.2) is 33.9 Å². The van der Waals surface area contributed by atoms with Crippen molar-refractivity contribution in [1.29, 1.82) is 0 Å². The van der Waals surface area contributed by atoms with Gasteiger partial charge in [0.25, 0.3) is 5.91 Å². The first-order chi connectivity index (χ1) is 7.88. The van der Waals surface area contributed by atoms with Crippen LogP contribution in [0.25, 0.3) is 0 Å². The van der Waals surface area contributed by atoms with E-state index >= 15 is 0 Å². The first kappa shape index (κ1) is 14.0. The van der Waals surface area contributed by atoms with Gasteiger partial charge < -0.3 is 10.4 Å². The Bertz CT molecular complexity index is 405. The van der Waals surface area contributed by atoms with E-state index in [1.54, 1.807) is 39.1 Å². The minimum Gasteiger partial charge on any atom is -0.391 e. The molecular weight excluding hydrogens is 236 g/mol. The third-order valence-electron chi connectivity index (χ3n) is 2.69. The predicted molar refractivity (Wildman–Crippen MR) is 69.2 cm³/mol. The van der Waals surface area contributed by atoms with Gasteiger partial charge in [0.1, 0.15) is 5.03 Å². The lowest BCUT2D eigenvalue weighted by Crippen LogP contribution is -2.51. The van der Waals surface area contributed by atoms with Gasteiger partial charge in [-0.1, -0.05) is 0 Å². The van der Waals surface area contributed by atoms with E-state index in [4.69, 9.17) is 0 Å². The Labute approximate surface area is 106 Å². The monoisotopic (exact) mass is 254 g/mol. The van der Waals surface area contributed by atoms with Gasteiger partial charge in [-0.05, 0) is 39.2 Å². The topological polar surface area (TPSA) is 62.2 Å². The number of aromatic nitrogens is 1. The number of aliphatic hydroxyl groups excluding tert-OH is 1. The third kappa shape index (κ3) is 3.44. The number of rotatable bonds is 4. The zero-order valence-electron chi connectivity index (χ0n) is 10.5. The Kier molecular flexibility index (Phi) is 4.54. The van der Waals surface area contributed by atoms with E-state index in [0.29, 0.717) is 10.6 Å². The van der Waals surface area contributed by atoms with Crippen molar-refractivity contribution in [3.63, 3.8) is 0 Å². The van der Waals surface area contributed by atoms with Crippen molar-refractivity contribution >= 4 is 17.7 Å². The Morgan fingerprint density at radius 1 is 1.59 bits per heavy atom. The van der Waals surface area contributed by atoms with Gasteiger partial charge in [0.05, 0.1) is 17.2 Å². The first-order valence-corrected chi connectivity index (χ1v) is 6.60. The SMILES string of the molecule is CSc1ncccc1C(=O)NC(C)(C)C(C)O. The molecule has 1 unspecified atom stereocenters. The molecule has 0 spiro atoms. The lowest BCUT2D eigenvalue weighted by atomic mass is 9.98. The fraction of sp³-hybridized carbons (Fsp3) is 0.500. The number of thioether (sulfide) groups is 1. The number of hydrogen-bond acceptors (Lipinski definition) is 4. The van der Waals surface area contributed by atoms with Crippen LogP contribution in [0.15, 0.2) is 23.4 Å². The maximum Gasteiger partial charge on any atom is 0.254 e. The number of nitrogens with zero attached hydrogens (tertiary/aromatic N) is 1. The maximum absolute atomic E-state index is 12.1. The van der Waals surface area contributed by atoms with E-state index in [9.17, 15) is 9.90 Å². The number of amides is 1. The number of hydrogen-bond donors (Lipinski definition) is 2. The van der Waals surface area contributed by atoms with E-state index in [0.717, 1.165) is 0 Å². The molecule has 1 rings (SSSR count). The zero-order chi connectivity index (χ0) is 13.1. The quantitative estimate of drug-likeness (QED) is 0.803. The number of carbonyl (C=O) groups is 1. The van der Waals surface area contributed by atoms with Crippen molar-refractivity contribution in [2.75, 3.05) is 6.26 Å². The second kappa shape index (κ2) is 5.51. The molecule has 5 heteroatoms. The standard InChI is InChI=1S/C12H18N2O2S/c1-8(15)12(2,3)14-10(16)9-6-5-7-13-11(9)17-4/h5-8,15H,1-4H3,(H,14,16). The lowest BCUT2D eigenvalue weighted by Gasteiger charge is -2.29. The van der Waals surface area contributed by atoms with Crippen molar-refractivity contribution < 1.29 is 9.90 Å². The highest BCUT2D eigenvalue weighted by molar-refractivity contribution is 7.98. The predicted octanol–water partition coefficient (Wildman–Crippen LogP) is 1.69. The number of aliphatic hydroxyl groups is 1. The number of carbonyl (C=O) groups excluding carboxylic acids is 1. The molecule has 1 amide bonds. The van der Waals surface area contributed by atoms with E-state index in [2.05, 4.69) is 10.3 Å². The second-order valence-electron chi connectivity index (χ2n) is 4.41. The minimum absolute atomic E-state index is 0.214. The van der Waals surface area contributed by atoms with E-state index < -0.39 is 11.6 Å². The number of nitrogens with one attached hydrogen (secondary N) is 1. The summed E-state index contributed by atoms with van der Waals surface area (Å²) in [6.45, 7) is 5.22. The maximum atomic E-state index is 12.1. The van der Waals surface area contributed by atoms with Gasteiger partial charge in [-0.25, -0.2) is 4.98 Å². The summed E-state index contributed by atoms with van der Waals surface area (Å²) in [6, 6.07) is 3.45. The van der Waals surface area contributed by atoms with Crippen molar-refractivity contribution in [2.45, 2.75) is 37.4 Å². The molecule has 94 valence electrons. The Morgan fingerprint density at radius 3 is 2.76 bits per heavy atom. The van der Waals surface area contributed by atoms with Crippen LogP contribution in [0, 0.1) is 0 Å². The summed E-state index contributed by atoms with van der Waals surface area (Å²) in [5.41, 5.74) is -0.128. The molecule has 0 bridgehead atoms. The van der Waals surface area contributed by atoms with Gasteiger partial charge in [0.2, 0.25) is 0 Å². The normalized spacial score (nSPS) is 13.2. The van der Waals surface area contributed by atoms with Crippen LogP contribution in [0.3, 0.4) is 0 Å². The summed E-state index contributed by atoms with van der Waals surface area (Å²) >= 11 is 1.42. The third-order valence-corrected chi connectivity index (χ3v) is 3.40. The molecule has 0 saturated heterocycles. The van der Waals surface area contributed by atoms with Crippen LogP contribution in [0.2, 0.25) is 0 Å². The first-order valence-electron chi connectivity index (χ1n) is 5.38. The molecule has 17 heavy (non-hydrogen) atoms. The molecule has 0 radical (unpaired) electrons. The van der Waals surface area contributed by atoms with Gasteiger partial charge >= 0.3 is 0 Å². The van der Waals surface area contributed by atoms with Gasteiger partial charge in [0, 0.05) is 6.20 Å². The average Bonchev–Trinajstić information content (AvgIpc) is 2.28. The highest BCUT2D eigenvalue weighted by atomic mass is 32.2.